The maximum absolute atomic E-state index is 10.9. The lowest BCUT2D eigenvalue weighted by molar-refractivity contribution is -0.114. The first-order chi connectivity index (χ1) is 7.06. The molecule has 4 nitrogen and oxygen atoms in total. The van der Waals surface area contributed by atoms with Gasteiger partial charge in [-0.25, -0.2) is 4.98 Å². The molecule has 0 fully saturated rings. The monoisotopic (exact) mass is 241 g/mol. The van der Waals surface area contributed by atoms with Gasteiger partial charge in [0.2, 0.25) is 5.91 Å². The molecule has 0 aliphatic rings. The van der Waals surface area contributed by atoms with Gasteiger partial charge < -0.3 is 11.1 Å². The van der Waals surface area contributed by atoms with Gasteiger partial charge in [-0.2, -0.15) is 0 Å². The summed E-state index contributed by atoms with van der Waals surface area (Å²) in [5.74, 6) is -0.136. The van der Waals surface area contributed by atoms with Crippen molar-refractivity contribution in [2.24, 2.45) is 0 Å². The number of carbonyl (C=O) groups excluding carboxylic acids is 1. The third-order valence-electron chi connectivity index (χ3n) is 1.79. The Morgan fingerprint density at radius 3 is 3.00 bits per heavy atom. The first kappa shape index (κ1) is 10.2. The van der Waals surface area contributed by atoms with Gasteiger partial charge in [-0.3, -0.25) is 4.79 Å². The second-order valence-electron chi connectivity index (χ2n) is 3.04. The van der Waals surface area contributed by atoms with E-state index < -0.39 is 0 Å². The van der Waals surface area contributed by atoms with Crippen molar-refractivity contribution in [2.75, 3.05) is 11.1 Å². The van der Waals surface area contributed by atoms with Crippen LogP contribution >= 0.6 is 22.9 Å². The van der Waals surface area contributed by atoms with Crippen LogP contribution in [0.2, 0.25) is 5.02 Å². The third kappa shape index (κ3) is 2.03. The van der Waals surface area contributed by atoms with Crippen LogP contribution in [-0.2, 0) is 4.79 Å². The summed E-state index contributed by atoms with van der Waals surface area (Å²) in [6.45, 7) is 1.44. The number of hydrogen-bond donors (Lipinski definition) is 2. The number of nitrogens with zero attached hydrogens (tertiary/aromatic N) is 1. The number of amides is 1. The number of rotatable bonds is 1. The van der Waals surface area contributed by atoms with Crippen molar-refractivity contribution in [2.45, 2.75) is 6.92 Å². The molecule has 3 N–H and O–H groups in total. The highest BCUT2D eigenvalue weighted by Gasteiger charge is 2.08. The van der Waals surface area contributed by atoms with Gasteiger partial charge in [0.15, 0.2) is 5.13 Å². The Kier molecular flexibility index (Phi) is 2.50. The normalized spacial score (nSPS) is 10.5. The summed E-state index contributed by atoms with van der Waals surface area (Å²) in [5.41, 5.74) is 6.90. The predicted molar refractivity (Wildman–Crippen MR) is 63.3 cm³/mol. The molecule has 0 bridgehead atoms. The molecule has 0 aliphatic heterocycles. The molecule has 0 radical (unpaired) electrons. The first-order valence-electron chi connectivity index (χ1n) is 4.19. The fraction of sp³-hybridized carbons (Fsp3) is 0.111. The molecule has 0 saturated heterocycles. The lowest BCUT2D eigenvalue weighted by Crippen LogP contribution is -2.05. The summed E-state index contributed by atoms with van der Waals surface area (Å²) in [5, 5.41) is 3.62. The molecule has 0 spiro atoms. The van der Waals surface area contributed by atoms with Gasteiger partial charge in [0, 0.05) is 12.6 Å². The first-order valence-corrected chi connectivity index (χ1v) is 5.39. The van der Waals surface area contributed by atoms with Crippen molar-refractivity contribution in [3.63, 3.8) is 0 Å². The highest BCUT2D eigenvalue weighted by Crippen LogP contribution is 2.32. The van der Waals surface area contributed by atoms with Gasteiger partial charge >= 0.3 is 0 Å². The van der Waals surface area contributed by atoms with Gasteiger partial charge in [-0.1, -0.05) is 22.9 Å². The molecule has 0 aliphatic carbocycles. The van der Waals surface area contributed by atoms with Crippen LogP contribution in [0, 0.1) is 0 Å². The van der Waals surface area contributed by atoms with Crippen molar-refractivity contribution in [1.82, 2.24) is 4.98 Å². The second-order valence-corrected chi connectivity index (χ2v) is 4.51. The Balaban J connectivity index is 2.56. The summed E-state index contributed by atoms with van der Waals surface area (Å²) in [7, 11) is 0. The average molecular weight is 242 g/mol. The molecule has 2 rings (SSSR count). The van der Waals surface area contributed by atoms with Crippen LogP contribution in [0.25, 0.3) is 10.2 Å². The molecule has 78 valence electrons. The van der Waals surface area contributed by atoms with Crippen molar-refractivity contribution in [1.29, 1.82) is 0 Å². The Labute approximate surface area is 95.1 Å². The number of nitrogen functional groups attached to an aromatic ring is 1. The Hall–Kier alpha value is -1.33. The SMILES string of the molecule is CC(=O)Nc1cc(Cl)c2nc(N)sc2c1. The number of halogens is 1. The minimum absolute atomic E-state index is 0.136. The summed E-state index contributed by atoms with van der Waals surface area (Å²) >= 11 is 7.33. The summed E-state index contributed by atoms with van der Waals surface area (Å²) in [4.78, 5) is 15.0. The Morgan fingerprint density at radius 1 is 1.60 bits per heavy atom. The lowest BCUT2D eigenvalue weighted by Gasteiger charge is -2.02. The van der Waals surface area contributed by atoms with Crippen molar-refractivity contribution >= 4 is 49.9 Å². The fourth-order valence-corrected chi connectivity index (χ4v) is 2.40. The zero-order valence-corrected chi connectivity index (χ0v) is 9.45. The number of fused-ring (bicyclic) bond motifs is 1. The zero-order valence-electron chi connectivity index (χ0n) is 7.87. The molecule has 0 saturated carbocycles. The molecule has 0 unspecified atom stereocenters. The zero-order chi connectivity index (χ0) is 11.0. The van der Waals surface area contributed by atoms with E-state index in [-0.39, 0.29) is 5.91 Å². The number of aromatic nitrogens is 1. The summed E-state index contributed by atoms with van der Waals surface area (Å²) in [6.07, 6.45) is 0. The van der Waals surface area contributed by atoms with Gasteiger partial charge in [-0.05, 0) is 12.1 Å². The fourth-order valence-electron chi connectivity index (χ4n) is 1.28. The maximum Gasteiger partial charge on any atom is 0.221 e. The summed E-state index contributed by atoms with van der Waals surface area (Å²) < 4.78 is 0.865. The largest absolute Gasteiger partial charge is 0.375 e. The van der Waals surface area contributed by atoms with E-state index in [2.05, 4.69) is 10.3 Å². The van der Waals surface area contributed by atoms with Crippen LogP contribution in [0.1, 0.15) is 6.92 Å². The molecule has 2 aromatic rings. The Bertz CT molecular complexity index is 537. The number of nitrogens with one attached hydrogen (secondary N) is 1. The quantitative estimate of drug-likeness (QED) is 0.806. The number of hydrogen-bond acceptors (Lipinski definition) is 4. The van der Waals surface area contributed by atoms with Crippen LogP contribution in [0.5, 0.6) is 0 Å². The van der Waals surface area contributed by atoms with E-state index in [1.807, 2.05) is 0 Å². The van der Waals surface area contributed by atoms with Crippen LogP contribution in [0.3, 0.4) is 0 Å². The van der Waals surface area contributed by atoms with E-state index in [1.54, 1.807) is 12.1 Å². The number of benzene rings is 1. The third-order valence-corrected chi connectivity index (χ3v) is 2.90. The average Bonchev–Trinajstić information content (AvgIpc) is 2.44. The number of thiazole rings is 1. The molecule has 1 amide bonds. The highest BCUT2D eigenvalue weighted by atomic mass is 35.5. The highest BCUT2D eigenvalue weighted by molar-refractivity contribution is 7.22. The second kappa shape index (κ2) is 3.67. The lowest BCUT2D eigenvalue weighted by atomic mass is 10.3. The minimum Gasteiger partial charge on any atom is -0.375 e. The van der Waals surface area contributed by atoms with Crippen molar-refractivity contribution in [3.05, 3.63) is 17.2 Å². The number of nitrogens with two attached hydrogens (primary N) is 1. The molecule has 15 heavy (non-hydrogen) atoms. The predicted octanol–water partition coefficient (Wildman–Crippen LogP) is 2.49. The van der Waals surface area contributed by atoms with Gasteiger partial charge in [-0.15, -0.1) is 0 Å². The molecule has 1 aromatic heterocycles. The molecule has 0 atom stereocenters. The van der Waals surface area contributed by atoms with Gasteiger partial charge in [0.25, 0.3) is 0 Å². The minimum atomic E-state index is -0.136. The molecule has 6 heteroatoms. The number of carbonyl (C=O) groups is 1. The topological polar surface area (TPSA) is 68.0 Å². The van der Waals surface area contributed by atoms with Crippen LogP contribution in [-0.4, -0.2) is 10.9 Å². The van der Waals surface area contributed by atoms with Crippen LogP contribution in [0.4, 0.5) is 10.8 Å². The van der Waals surface area contributed by atoms with E-state index in [4.69, 9.17) is 17.3 Å². The van der Waals surface area contributed by atoms with Crippen LogP contribution < -0.4 is 11.1 Å². The molecular weight excluding hydrogens is 234 g/mol. The standard InChI is InChI=1S/C9H8ClN3OS/c1-4(14)12-5-2-6(10)8-7(3-5)15-9(11)13-8/h2-3H,1H3,(H2,11,13)(H,12,14). The molecule has 1 heterocycles. The van der Waals surface area contributed by atoms with Crippen LogP contribution in [0.15, 0.2) is 12.1 Å². The summed E-state index contributed by atoms with van der Waals surface area (Å²) in [6, 6.07) is 3.46. The van der Waals surface area contributed by atoms with Crippen molar-refractivity contribution in [3.8, 4) is 0 Å². The van der Waals surface area contributed by atoms with E-state index in [0.717, 1.165) is 4.70 Å². The van der Waals surface area contributed by atoms with E-state index in [0.29, 0.717) is 21.4 Å². The smallest absolute Gasteiger partial charge is 0.221 e. The maximum atomic E-state index is 10.9. The Morgan fingerprint density at radius 2 is 2.33 bits per heavy atom. The van der Waals surface area contributed by atoms with Gasteiger partial charge in [0.1, 0.15) is 5.52 Å². The van der Waals surface area contributed by atoms with E-state index in [9.17, 15) is 4.79 Å². The van der Waals surface area contributed by atoms with E-state index in [1.165, 1.54) is 18.3 Å². The number of anilines is 2. The molecule has 1 aromatic carbocycles. The van der Waals surface area contributed by atoms with Gasteiger partial charge in [0.05, 0.1) is 9.72 Å². The molecular formula is C9H8ClN3OS. The van der Waals surface area contributed by atoms with Crippen molar-refractivity contribution < 1.29 is 4.79 Å². The van der Waals surface area contributed by atoms with E-state index >= 15 is 0 Å².